The number of hydrogen-bond donors (Lipinski definition) is 1. The van der Waals surface area contributed by atoms with Crippen molar-refractivity contribution in [3.05, 3.63) is 62.5 Å². The number of hydrogen-bond acceptors (Lipinski definition) is 5. The number of amides is 1. The summed E-state index contributed by atoms with van der Waals surface area (Å²) in [6.07, 6.45) is 0.270. The van der Waals surface area contributed by atoms with E-state index in [0.29, 0.717) is 21.6 Å². The van der Waals surface area contributed by atoms with Crippen molar-refractivity contribution in [2.45, 2.75) is 33.2 Å². The van der Waals surface area contributed by atoms with Crippen LogP contribution in [0.25, 0.3) is 10.2 Å². The van der Waals surface area contributed by atoms with E-state index >= 15 is 0 Å². The van der Waals surface area contributed by atoms with Crippen LogP contribution in [0.15, 0.2) is 34.4 Å². The molecule has 1 N–H and O–H groups in total. The SMILES string of the molecule is Cc1ccc(C(=O)CCC(=O)N(C)Cc2nc3ccsc3c(=O)[nH]2)cc1C. The highest BCUT2D eigenvalue weighted by molar-refractivity contribution is 7.17. The van der Waals surface area contributed by atoms with Crippen molar-refractivity contribution < 1.29 is 9.59 Å². The minimum atomic E-state index is -0.198. The number of nitrogens with one attached hydrogen (secondary N) is 1. The van der Waals surface area contributed by atoms with E-state index in [1.165, 1.54) is 16.2 Å². The molecule has 1 amide bonds. The van der Waals surface area contributed by atoms with E-state index in [4.69, 9.17) is 0 Å². The Bertz CT molecular complexity index is 1070. The molecule has 0 fully saturated rings. The van der Waals surface area contributed by atoms with Crippen LogP contribution in [0.4, 0.5) is 0 Å². The number of aromatic nitrogens is 2. The van der Waals surface area contributed by atoms with Gasteiger partial charge in [-0.15, -0.1) is 11.3 Å². The summed E-state index contributed by atoms with van der Waals surface area (Å²) in [7, 11) is 1.64. The maximum absolute atomic E-state index is 12.4. The van der Waals surface area contributed by atoms with Crippen molar-refractivity contribution in [3.8, 4) is 0 Å². The van der Waals surface area contributed by atoms with Gasteiger partial charge in [0, 0.05) is 25.5 Å². The molecular formula is C20H21N3O3S. The molecule has 0 saturated heterocycles. The Morgan fingerprint density at radius 2 is 1.93 bits per heavy atom. The molecule has 3 aromatic rings. The lowest BCUT2D eigenvalue weighted by atomic mass is 10.0. The van der Waals surface area contributed by atoms with Gasteiger partial charge in [-0.1, -0.05) is 12.1 Å². The molecule has 3 rings (SSSR count). The largest absolute Gasteiger partial charge is 0.338 e. The lowest BCUT2D eigenvalue weighted by Gasteiger charge is -2.16. The van der Waals surface area contributed by atoms with Crippen LogP contribution in [0.5, 0.6) is 0 Å². The van der Waals surface area contributed by atoms with Crippen molar-refractivity contribution in [1.29, 1.82) is 0 Å². The summed E-state index contributed by atoms with van der Waals surface area (Å²) in [6, 6.07) is 7.35. The number of aryl methyl sites for hydroxylation is 2. The van der Waals surface area contributed by atoms with Gasteiger partial charge < -0.3 is 9.88 Å². The van der Waals surface area contributed by atoms with Crippen LogP contribution in [0.1, 0.15) is 40.2 Å². The molecule has 0 unspecified atom stereocenters. The second-order valence-electron chi connectivity index (χ2n) is 6.62. The van der Waals surface area contributed by atoms with Crippen LogP contribution in [0.3, 0.4) is 0 Å². The zero-order valence-electron chi connectivity index (χ0n) is 15.5. The van der Waals surface area contributed by atoms with E-state index in [1.807, 2.05) is 31.4 Å². The number of aromatic amines is 1. The molecule has 27 heavy (non-hydrogen) atoms. The van der Waals surface area contributed by atoms with Crippen molar-refractivity contribution in [2.75, 3.05) is 7.05 Å². The predicted molar refractivity (Wildman–Crippen MR) is 106 cm³/mol. The first-order chi connectivity index (χ1) is 12.8. The van der Waals surface area contributed by atoms with Gasteiger partial charge in [0.05, 0.1) is 12.1 Å². The second kappa shape index (κ2) is 7.84. The van der Waals surface area contributed by atoms with Crippen LogP contribution in [-0.2, 0) is 11.3 Å². The first-order valence-electron chi connectivity index (χ1n) is 8.66. The summed E-state index contributed by atoms with van der Waals surface area (Å²) < 4.78 is 0.576. The Morgan fingerprint density at radius 1 is 1.15 bits per heavy atom. The fourth-order valence-electron chi connectivity index (χ4n) is 2.78. The molecule has 2 heterocycles. The Kier molecular flexibility index (Phi) is 5.51. The summed E-state index contributed by atoms with van der Waals surface area (Å²) >= 11 is 1.33. The van der Waals surface area contributed by atoms with Gasteiger partial charge in [0.15, 0.2) is 5.78 Å². The van der Waals surface area contributed by atoms with E-state index < -0.39 is 0 Å². The number of carbonyl (C=O) groups excluding carboxylic acids is 2. The molecule has 0 aliphatic heterocycles. The molecule has 0 aliphatic rings. The highest BCUT2D eigenvalue weighted by Crippen LogP contribution is 2.15. The Balaban J connectivity index is 1.60. The van der Waals surface area contributed by atoms with Crippen LogP contribution < -0.4 is 5.56 Å². The molecule has 0 atom stereocenters. The number of nitrogens with zero attached hydrogens (tertiary/aromatic N) is 2. The minimum Gasteiger partial charge on any atom is -0.338 e. The van der Waals surface area contributed by atoms with Gasteiger partial charge in [-0.25, -0.2) is 4.98 Å². The number of benzene rings is 1. The number of carbonyl (C=O) groups is 2. The standard InChI is InChI=1S/C20H21N3O3S/c1-12-4-5-14(10-13(12)2)16(24)6-7-18(25)23(3)11-17-21-15-8-9-27-19(15)20(26)22-17/h4-5,8-10H,6-7,11H2,1-3H3,(H,21,22,26). The molecule has 7 heteroatoms. The van der Waals surface area contributed by atoms with Crippen molar-refractivity contribution in [1.82, 2.24) is 14.9 Å². The number of Topliss-reactive ketones (excluding diaryl/α,β-unsaturated/α-hetero) is 1. The lowest BCUT2D eigenvalue weighted by molar-refractivity contribution is -0.130. The minimum absolute atomic E-state index is 0.0499. The molecule has 140 valence electrons. The summed E-state index contributed by atoms with van der Waals surface area (Å²) in [4.78, 5) is 45.2. The summed E-state index contributed by atoms with van der Waals surface area (Å²) in [5.74, 6) is 0.216. The van der Waals surface area contributed by atoms with E-state index in [-0.39, 0.29) is 36.6 Å². The van der Waals surface area contributed by atoms with Gasteiger partial charge >= 0.3 is 0 Å². The highest BCUT2D eigenvalue weighted by atomic mass is 32.1. The number of ketones is 1. The Labute approximate surface area is 160 Å². The maximum Gasteiger partial charge on any atom is 0.268 e. The average molecular weight is 383 g/mol. The number of thiophene rings is 1. The number of rotatable bonds is 6. The average Bonchev–Trinajstić information content (AvgIpc) is 3.10. The topological polar surface area (TPSA) is 83.1 Å². The second-order valence-corrected chi connectivity index (χ2v) is 7.54. The van der Waals surface area contributed by atoms with Crippen LogP contribution in [0, 0.1) is 13.8 Å². The van der Waals surface area contributed by atoms with Crippen molar-refractivity contribution in [3.63, 3.8) is 0 Å². The monoisotopic (exact) mass is 383 g/mol. The maximum atomic E-state index is 12.4. The third-order valence-electron chi connectivity index (χ3n) is 4.57. The fraction of sp³-hybridized carbons (Fsp3) is 0.300. The van der Waals surface area contributed by atoms with E-state index in [2.05, 4.69) is 9.97 Å². The van der Waals surface area contributed by atoms with Gasteiger partial charge in [0.2, 0.25) is 5.91 Å². The van der Waals surface area contributed by atoms with Crippen LogP contribution >= 0.6 is 11.3 Å². The molecule has 6 nitrogen and oxygen atoms in total. The van der Waals surface area contributed by atoms with Gasteiger partial charge in [-0.05, 0) is 42.5 Å². The fourth-order valence-corrected chi connectivity index (χ4v) is 3.51. The molecule has 0 aliphatic carbocycles. The zero-order valence-corrected chi connectivity index (χ0v) is 16.4. The van der Waals surface area contributed by atoms with Gasteiger partial charge in [-0.2, -0.15) is 0 Å². The van der Waals surface area contributed by atoms with Crippen molar-refractivity contribution in [2.24, 2.45) is 0 Å². The Hall–Kier alpha value is -2.80. The van der Waals surface area contributed by atoms with Crippen molar-refractivity contribution >= 4 is 33.2 Å². The van der Waals surface area contributed by atoms with E-state index in [9.17, 15) is 14.4 Å². The lowest BCUT2D eigenvalue weighted by Crippen LogP contribution is -2.28. The van der Waals surface area contributed by atoms with E-state index in [1.54, 1.807) is 19.2 Å². The predicted octanol–water partition coefficient (Wildman–Crippen LogP) is 3.22. The third kappa shape index (κ3) is 4.31. The third-order valence-corrected chi connectivity index (χ3v) is 5.47. The first kappa shape index (κ1) is 19.0. The smallest absolute Gasteiger partial charge is 0.268 e. The number of H-pyrrole nitrogens is 1. The molecule has 0 radical (unpaired) electrons. The van der Waals surface area contributed by atoms with Crippen LogP contribution in [-0.4, -0.2) is 33.6 Å². The van der Waals surface area contributed by atoms with Gasteiger partial charge in [0.1, 0.15) is 10.5 Å². The van der Waals surface area contributed by atoms with E-state index in [0.717, 1.165) is 11.1 Å². The summed E-state index contributed by atoms with van der Waals surface area (Å²) in [5, 5.41) is 1.81. The zero-order chi connectivity index (χ0) is 19.6. The highest BCUT2D eigenvalue weighted by Gasteiger charge is 2.15. The van der Waals surface area contributed by atoms with Gasteiger partial charge in [0.25, 0.3) is 5.56 Å². The van der Waals surface area contributed by atoms with Gasteiger partial charge in [-0.3, -0.25) is 14.4 Å². The molecule has 0 saturated carbocycles. The first-order valence-corrected chi connectivity index (χ1v) is 9.54. The molecular weight excluding hydrogens is 362 g/mol. The summed E-state index contributed by atoms with van der Waals surface area (Å²) in [6.45, 7) is 4.15. The number of fused-ring (bicyclic) bond motifs is 1. The van der Waals surface area contributed by atoms with Crippen LogP contribution in [0.2, 0.25) is 0 Å². The molecule has 1 aromatic carbocycles. The molecule has 0 bridgehead atoms. The summed E-state index contributed by atoms with van der Waals surface area (Å²) in [5.41, 5.74) is 3.25. The quantitative estimate of drug-likeness (QED) is 0.663. The Morgan fingerprint density at radius 3 is 2.67 bits per heavy atom. The molecule has 0 spiro atoms. The molecule has 2 aromatic heterocycles. The normalized spacial score (nSPS) is 10.9.